The molecule has 13 rings (SSSR count). The highest BCUT2D eigenvalue weighted by molar-refractivity contribution is 6.25. The highest BCUT2D eigenvalue weighted by Crippen LogP contribution is 2.51. The molecular weight excluding hydrogens is 787 g/mol. The van der Waals surface area contributed by atoms with Crippen LogP contribution in [0.15, 0.2) is 229 Å². The Balaban J connectivity index is 0.894. The molecule has 306 valence electrons. The van der Waals surface area contributed by atoms with Crippen molar-refractivity contribution in [2.75, 3.05) is 4.90 Å². The summed E-state index contributed by atoms with van der Waals surface area (Å²) in [7, 11) is 0. The summed E-state index contributed by atoms with van der Waals surface area (Å²) >= 11 is 0. The van der Waals surface area contributed by atoms with Crippen molar-refractivity contribution < 1.29 is 4.42 Å². The Morgan fingerprint density at radius 2 is 0.815 bits per heavy atom. The molecule has 12 aromatic rings. The maximum absolute atomic E-state index is 6.47. The van der Waals surface area contributed by atoms with E-state index in [0.717, 1.165) is 55.7 Å². The summed E-state index contributed by atoms with van der Waals surface area (Å²) < 4.78 is 6.47. The zero-order valence-electron chi connectivity index (χ0n) is 36.2. The normalized spacial score (nSPS) is 12.9. The van der Waals surface area contributed by atoms with Crippen molar-refractivity contribution in [2.45, 2.75) is 19.3 Å². The van der Waals surface area contributed by atoms with Crippen LogP contribution in [0.25, 0.3) is 98.8 Å². The Morgan fingerprint density at radius 3 is 1.55 bits per heavy atom. The first-order chi connectivity index (χ1) is 32.0. The van der Waals surface area contributed by atoms with E-state index in [2.05, 4.69) is 231 Å². The van der Waals surface area contributed by atoms with Crippen molar-refractivity contribution in [1.82, 2.24) is 0 Å². The van der Waals surface area contributed by atoms with Gasteiger partial charge in [-0.1, -0.05) is 190 Å². The zero-order chi connectivity index (χ0) is 43.2. The predicted molar refractivity (Wildman–Crippen MR) is 275 cm³/mol. The van der Waals surface area contributed by atoms with Gasteiger partial charge in [0, 0.05) is 38.8 Å². The molecule has 1 aliphatic carbocycles. The van der Waals surface area contributed by atoms with E-state index in [1.165, 1.54) is 71.3 Å². The molecule has 2 heteroatoms. The number of furan rings is 1. The first-order valence-electron chi connectivity index (χ1n) is 22.6. The Kier molecular flexibility index (Phi) is 8.29. The van der Waals surface area contributed by atoms with Gasteiger partial charge in [0.2, 0.25) is 0 Å². The molecule has 0 saturated carbocycles. The molecule has 1 aliphatic rings. The second-order valence-electron chi connectivity index (χ2n) is 18.0. The van der Waals surface area contributed by atoms with Crippen LogP contribution in [0.3, 0.4) is 0 Å². The summed E-state index contributed by atoms with van der Waals surface area (Å²) in [5, 5.41) is 10.0. The van der Waals surface area contributed by atoms with E-state index in [-0.39, 0.29) is 5.41 Å². The first-order valence-corrected chi connectivity index (χ1v) is 22.6. The maximum Gasteiger partial charge on any atom is 0.143 e. The standard InChI is InChI=1S/C63H43NO/c1-63(2)59-23-9-7-19-54(59)55-36-34-47(39-60(55)63)64(45-32-29-42(30-33-45)48-21-12-22-57-56-20-8-10-24-61(56)65-62(48)57)46-14-11-13-43(37-46)40-25-27-41(28-26-40)44-31-35-53-51-17-4-3-15-49(51)50-16-5-6-18-52(50)58(53)38-44/h3-39H,1-2H3. The lowest BCUT2D eigenvalue weighted by atomic mass is 9.82. The molecular formula is C63H43NO. The first kappa shape index (κ1) is 37.4. The molecule has 1 aromatic heterocycles. The van der Waals surface area contributed by atoms with Gasteiger partial charge in [0.25, 0.3) is 0 Å². The van der Waals surface area contributed by atoms with E-state index in [1.807, 2.05) is 12.1 Å². The molecule has 0 fully saturated rings. The average molecular weight is 830 g/mol. The number of fused-ring (bicyclic) bond motifs is 12. The number of anilines is 3. The number of benzene rings is 11. The molecule has 65 heavy (non-hydrogen) atoms. The molecule has 0 bridgehead atoms. The van der Waals surface area contributed by atoms with Crippen molar-refractivity contribution in [3.8, 4) is 44.5 Å². The summed E-state index contributed by atoms with van der Waals surface area (Å²) in [6, 6.07) is 82.2. The van der Waals surface area contributed by atoms with Gasteiger partial charge in [0.05, 0.1) is 0 Å². The second-order valence-corrected chi connectivity index (χ2v) is 18.0. The molecule has 0 aliphatic heterocycles. The molecule has 11 aromatic carbocycles. The molecule has 0 radical (unpaired) electrons. The van der Waals surface area contributed by atoms with Gasteiger partial charge in [0.15, 0.2) is 0 Å². The van der Waals surface area contributed by atoms with Gasteiger partial charge in [0.1, 0.15) is 11.2 Å². The van der Waals surface area contributed by atoms with Crippen LogP contribution in [0.2, 0.25) is 0 Å². The third kappa shape index (κ3) is 5.88. The van der Waals surface area contributed by atoms with Crippen LogP contribution in [0.4, 0.5) is 17.1 Å². The van der Waals surface area contributed by atoms with Gasteiger partial charge >= 0.3 is 0 Å². The Hall–Kier alpha value is -8.20. The van der Waals surface area contributed by atoms with Gasteiger partial charge < -0.3 is 9.32 Å². The van der Waals surface area contributed by atoms with Crippen LogP contribution < -0.4 is 4.90 Å². The lowest BCUT2D eigenvalue weighted by Gasteiger charge is -2.28. The molecule has 1 heterocycles. The van der Waals surface area contributed by atoms with Crippen LogP contribution in [0.1, 0.15) is 25.0 Å². The van der Waals surface area contributed by atoms with Gasteiger partial charge in [-0.3, -0.25) is 0 Å². The highest BCUT2D eigenvalue weighted by atomic mass is 16.3. The predicted octanol–water partition coefficient (Wildman–Crippen LogP) is 17.8. The number of nitrogens with zero attached hydrogens (tertiary/aromatic N) is 1. The van der Waals surface area contributed by atoms with E-state index >= 15 is 0 Å². The number of hydrogen-bond acceptors (Lipinski definition) is 2. The van der Waals surface area contributed by atoms with E-state index in [0.29, 0.717) is 0 Å². The summed E-state index contributed by atoms with van der Waals surface area (Å²) in [6.45, 7) is 4.71. The summed E-state index contributed by atoms with van der Waals surface area (Å²) in [5.41, 5.74) is 17.3. The van der Waals surface area contributed by atoms with E-state index in [1.54, 1.807) is 0 Å². The summed E-state index contributed by atoms with van der Waals surface area (Å²) in [5.74, 6) is 0. The van der Waals surface area contributed by atoms with E-state index in [4.69, 9.17) is 4.42 Å². The largest absolute Gasteiger partial charge is 0.455 e. The van der Waals surface area contributed by atoms with Crippen LogP contribution in [-0.4, -0.2) is 0 Å². The SMILES string of the molecule is CC1(C)c2ccccc2-c2ccc(N(c3ccc(-c4cccc5c4oc4ccccc45)cc3)c3cccc(-c4ccc(-c5ccc6c7ccccc7c7ccccc7c6c5)cc4)c3)cc21. The fourth-order valence-corrected chi connectivity index (χ4v) is 10.8. The Morgan fingerprint density at radius 1 is 0.308 bits per heavy atom. The van der Waals surface area contributed by atoms with Crippen LogP contribution in [-0.2, 0) is 5.41 Å². The molecule has 0 atom stereocenters. The number of para-hydroxylation sites is 2. The fraction of sp³-hybridized carbons (Fsp3) is 0.0476. The van der Waals surface area contributed by atoms with Crippen molar-refractivity contribution in [1.29, 1.82) is 0 Å². The second kappa shape index (κ2) is 14.4. The minimum absolute atomic E-state index is 0.127. The van der Waals surface area contributed by atoms with Crippen LogP contribution in [0, 0.1) is 0 Å². The Bertz CT molecular complexity index is 3820. The van der Waals surface area contributed by atoms with Crippen LogP contribution in [0.5, 0.6) is 0 Å². The fourth-order valence-electron chi connectivity index (χ4n) is 10.8. The van der Waals surface area contributed by atoms with Gasteiger partial charge in [-0.15, -0.1) is 0 Å². The average Bonchev–Trinajstić information content (AvgIpc) is 3.86. The van der Waals surface area contributed by atoms with E-state index < -0.39 is 0 Å². The van der Waals surface area contributed by atoms with Gasteiger partial charge in [-0.2, -0.15) is 0 Å². The van der Waals surface area contributed by atoms with Crippen LogP contribution >= 0.6 is 0 Å². The molecule has 0 N–H and O–H groups in total. The van der Waals surface area contributed by atoms with Crippen molar-refractivity contribution in [2.24, 2.45) is 0 Å². The van der Waals surface area contributed by atoms with Gasteiger partial charge in [-0.05, 0) is 131 Å². The monoisotopic (exact) mass is 829 g/mol. The van der Waals surface area contributed by atoms with Crippen molar-refractivity contribution in [3.63, 3.8) is 0 Å². The van der Waals surface area contributed by atoms with Crippen molar-refractivity contribution in [3.05, 3.63) is 236 Å². The molecule has 0 amide bonds. The molecule has 0 saturated heterocycles. The summed E-state index contributed by atoms with van der Waals surface area (Å²) in [6.07, 6.45) is 0. The topological polar surface area (TPSA) is 16.4 Å². The third-order valence-electron chi connectivity index (χ3n) is 14.1. The minimum atomic E-state index is -0.127. The summed E-state index contributed by atoms with van der Waals surface area (Å²) in [4.78, 5) is 2.41. The van der Waals surface area contributed by atoms with Crippen molar-refractivity contribution >= 4 is 71.3 Å². The quantitative estimate of drug-likeness (QED) is 0.155. The lowest BCUT2D eigenvalue weighted by Crippen LogP contribution is -2.16. The maximum atomic E-state index is 6.47. The molecule has 0 spiro atoms. The number of rotatable bonds is 6. The molecule has 0 unspecified atom stereocenters. The lowest BCUT2D eigenvalue weighted by molar-refractivity contribution is 0.660. The van der Waals surface area contributed by atoms with Gasteiger partial charge in [-0.25, -0.2) is 0 Å². The third-order valence-corrected chi connectivity index (χ3v) is 14.1. The number of hydrogen-bond donors (Lipinski definition) is 0. The zero-order valence-corrected chi connectivity index (χ0v) is 36.2. The molecule has 2 nitrogen and oxygen atoms in total. The Labute approximate surface area is 378 Å². The van der Waals surface area contributed by atoms with E-state index in [9.17, 15) is 0 Å². The minimum Gasteiger partial charge on any atom is -0.455 e. The smallest absolute Gasteiger partial charge is 0.143 e. The highest BCUT2D eigenvalue weighted by Gasteiger charge is 2.35.